The Bertz CT molecular complexity index is 542. The molecule has 0 saturated heterocycles. The van der Waals surface area contributed by atoms with Crippen LogP contribution in [0.2, 0.25) is 0 Å². The summed E-state index contributed by atoms with van der Waals surface area (Å²) in [5, 5.41) is 0. The SMILES string of the molecule is CC(N)Cc1cccn1Cc1ccc(C(C)(C)C)cc1. The molecule has 0 aliphatic heterocycles. The van der Waals surface area contributed by atoms with E-state index in [1.54, 1.807) is 0 Å². The zero-order valence-corrected chi connectivity index (χ0v) is 13.1. The van der Waals surface area contributed by atoms with Gasteiger partial charge in [-0.3, -0.25) is 0 Å². The fourth-order valence-corrected chi connectivity index (χ4v) is 2.43. The van der Waals surface area contributed by atoms with Crippen LogP contribution >= 0.6 is 0 Å². The first kappa shape index (κ1) is 14.9. The second-order valence-electron chi connectivity index (χ2n) is 6.76. The average Bonchev–Trinajstić information content (AvgIpc) is 2.75. The first-order valence-electron chi connectivity index (χ1n) is 7.35. The predicted molar refractivity (Wildman–Crippen MR) is 86.0 cm³/mol. The van der Waals surface area contributed by atoms with Gasteiger partial charge in [-0.15, -0.1) is 0 Å². The van der Waals surface area contributed by atoms with E-state index in [1.165, 1.54) is 16.8 Å². The van der Waals surface area contributed by atoms with Crippen LogP contribution in [0.15, 0.2) is 42.6 Å². The highest BCUT2D eigenvalue weighted by atomic mass is 15.0. The maximum Gasteiger partial charge on any atom is 0.0472 e. The van der Waals surface area contributed by atoms with Crippen LogP contribution in [-0.2, 0) is 18.4 Å². The highest BCUT2D eigenvalue weighted by Gasteiger charge is 2.13. The molecule has 0 spiro atoms. The van der Waals surface area contributed by atoms with Gasteiger partial charge < -0.3 is 10.3 Å². The monoisotopic (exact) mass is 270 g/mol. The van der Waals surface area contributed by atoms with Crippen molar-refractivity contribution in [1.29, 1.82) is 0 Å². The molecule has 0 radical (unpaired) electrons. The topological polar surface area (TPSA) is 30.9 Å². The van der Waals surface area contributed by atoms with E-state index in [0.29, 0.717) is 0 Å². The van der Waals surface area contributed by atoms with E-state index in [9.17, 15) is 0 Å². The van der Waals surface area contributed by atoms with Gasteiger partial charge in [0.05, 0.1) is 0 Å². The predicted octanol–water partition coefficient (Wildman–Crippen LogP) is 3.72. The lowest BCUT2D eigenvalue weighted by molar-refractivity contribution is 0.589. The Morgan fingerprint density at radius 1 is 1.10 bits per heavy atom. The van der Waals surface area contributed by atoms with Gasteiger partial charge in [-0.05, 0) is 35.6 Å². The minimum absolute atomic E-state index is 0.201. The maximum absolute atomic E-state index is 5.90. The van der Waals surface area contributed by atoms with E-state index in [-0.39, 0.29) is 11.5 Å². The molecular formula is C18H26N2. The Morgan fingerprint density at radius 3 is 2.30 bits per heavy atom. The molecule has 2 heteroatoms. The molecule has 0 aliphatic carbocycles. The molecule has 0 amide bonds. The number of benzene rings is 1. The summed E-state index contributed by atoms with van der Waals surface area (Å²) in [6.07, 6.45) is 3.06. The van der Waals surface area contributed by atoms with Crippen molar-refractivity contribution >= 4 is 0 Å². The molecule has 2 aromatic rings. The van der Waals surface area contributed by atoms with Crippen molar-refractivity contribution in [2.24, 2.45) is 5.73 Å². The fraction of sp³-hybridized carbons (Fsp3) is 0.444. The van der Waals surface area contributed by atoms with Gasteiger partial charge >= 0.3 is 0 Å². The van der Waals surface area contributed by atoms with Crippen molar-refractivity contribution < 1.29 is 0 Å². The van der Waals surface area contributed by atoms with Crippen molar-refractivity contribution in [1.82, 2.24) is 4.57 Å². The summed E-state index contributed by atoms with van der Waals surface area (Å²) in [6, 6.07) is 13.4. The van der Waals surface area contributed by atoms with Gasteiger partial charge in [0.25, 0.3) is 0 Å². The lowest BCUT2D eigenvalue weighted by atomic mass is 9.87. The summed E-state index contributed by atoms with van der Waals surface area (Å²) in [6.45, 7) is 9.70. The molecule has 1 heterocycles. The van der Waals surface area contributed by atoms with Gasteiger partial charge in [-0.2, -0.15) is 0 Å². The normalized spacial score (nSPS) is 13.4. The summed E-state index contributed by atoms with van der Waals surface area (Å²) in [7, 11) is 0. The lowest BCUT2D eigenvalue weighted by Crippen LogP contribution is -2.20. The van der Waals surface area contributed by atoms with Gasteiger partial charge in [-0.25, -0.2) is 0 Å². The highest BCUT2D eigenvalue weighted by molar-refractivity contribution is 5.28. The molecule has 1 aromatic heterocycles. The Morgan fingerprint density at radius 2 is 1.75 bits per heavy atom. The summed E-state index contributed by atoms with van der Waals surface area (Å²) in [4.78, 5) is 0. The molecular weight excluding hydrogens is 244 g/mol. The first-order chi connectivity index (χ1) is 9.36. The molecule has 0 saturated carbocycles. The van der Waals surface area contributed by atoms with Crippen LogP contribution in [0.5, 0.6) is 0 Å². The van der Waals surface area contributed by atoms with Crippen LogP contribution in [0, 0.1) is 0 Å². The molecule has 2 rings (SSSR count). The van der Waals surface area contributed by atoms with Crippen molar-refractivity contribution in [2.45, 2.75) is 52.1 Å². The molecule has 0 bridgehead atoms. The number of nitrogens with zero attached hydrogens (tertiary/aromatic N) is 1. The Hall–Kier alpha value is -1.54. The maximum atomic E-state index is 5.90. The minimum Gasteiger partial charge on any atom is -0.347 e. The van der Waals surface area contributed by atoms with Crippen LogP contribution in [0.4, 0.5) is 0 Å². The Labute approximate surface area is 122 Å². The van der Waals surface area contributed by atoms with Gasteiger partial charge in [0.1, 0.15) is 0 Å². The molecule has 1 atom stereocenters. The molecule has 2 nitrogen and oxygen atoms in total. The molecule has 0 aliphatic rings. The van der Waals surface area contributed by atoms with Crippen molar-refractivity contribution in [2.75, 3.05) is 0 Å². The van der Waals surface area contributed by atoms with E-state index in [2.05, 4.69) is 74.9 Å². The summed E-state index contributed by atoms with van der Waals surface area (Å²) >= 11 is 0. The number of hydrogen-bond acceptors (Lipinski definition) is 1. The van der Waals surface area contributed by atoms with Crippen molar-refractivity contribution in [3.05, 3.63) is 59.4 Å². The van der Waals surface area contributed by atoms with E-state index < -0.39 is 0 Å². The van der Waals surface area contributed by atoms with Crippen molar-refractivity contribution in [3.8, 4) is 0 Å². The molecule has 1 unspecified atom stereocenters. The number of hydrogen-bond donors (Lipinski definition) is 1. The van der Waals surface area contributed by atoms with Crippen LogP contribution in [0.1, 0.15) is 44.5 Å². The zero-order chi connectivity index (χ0) is 14.8. The Kier molecular flexibility index (Phi) is 4.34. The van der Waals surface area contributed by atoms with Gasteiger partial charge in [0, 0.05) is 30.9 Å². The zero-order valence-electron chi connectivity index (χ0n) is 13.1. The molecule has 0 fully saturated rings. The average molecular weight is 270 g/mol. The van der Waals surface area contributed by atoms with E-state index >= 15 is 0 Å². The second kappa shape index (κ2) is 5.84. The summed E-state index contributed by atoms with van der Waals surface area (Å²) in [5.74, 6) is 0. The fourth-order valence-electron chi connectivity index (χ4n) is 2.43. The van der Waals surface area contributed by atoms with Crippen LogP contribution in [0.25, 0.3) is 0 Å². The number of nitrogens with two attached hydrogens (primary N) is 1. The third kappa shape index (κ3) is 3.73. The smallest absolute Gasteiger partial charge is 0.0472 e. The molecule has 20 heavy (non-hydrogen) atoms. The largest absolute Gasteiger partial charge is 0.347 e. The van der Waals surface area contributed by atoms with Gasteiger partial charge in [0.2, 0.25) is 0 Å². The van der Waals surface area contributed by atoms with Crippen LogP contribution in [0.3, 0.4) is 0 Å². The first-order valence-corrected chi connectivity index (χ1v) is 7.35. The summed E-state index contributed by atoms with van der Waals surface area (Å²) < 4.78 is 2.29. The van der Waals surface area contributed by atoms with Crippen molar-refractivity contribution in [3.63, 3.8) is 0 Å². The third-order valence-corrected chi connectivity index (χ3v) is 3.63. The minimum atomic E-state index is 0.201. The Balaban J connectivity index is 2.13. The van der Waals surface area contributed by atoms with Crippen LogP contribution < -0.4 is 5.73 Å². The van der Waals surface area contributed by atoms with Gasteiger partial charge in [0.15, 0.2) is 0 Å². The van der Waals surface area contributed by atoms with E-state index in [0.717, 1.165) is 13.0 Å². The number of aromatic nitrogens is 1. The molecule has 1 aromatic carbocycles. The standard InChI is InChI=1S/C18H26N2/c1-14(19)12-17-6-5-11-20(17)13-15-7-9-16(10-8-15)18(2,3)4/h5-11,14H,12-13,19H2,1-4H3. The second-order valence-corrected chi connectivity index (χ2v) is 6.76. The lowest BCUT2D eigenvalue weighted by Gasteiger charge is -2.19. The summed E-state index contributed by atoms with van der Waals surface area (Å²) in [5.41, 5.74) is 10.1. The molecule has 2 N–H and O–H groups in total. The number of rotatable bonds is 4. The highest BCUT2D eigenvalue weighted by Crippen LogP contribution is 2.22. The quantitative estimate of drug-likeness (QED) is 0.902. The third-order valence-electron chi connectivity index (χ3n) is 3.63. The van der Waals surface area contributed by atoms with Gasteiger partial charge in [-0.1, -0.05) is 45.0 Å². The molecule has 108 valence electrons. The van der Waals surface area contributed by atoms with E-state index in [4.69, 9.17) is 5.73 Å². The van der Waals surface area contributed by atoms with E-state index in [1.807, 2.05) is 0 Å². The van der Waals surface area contributed by atoms with Crippen LogP contribution in [-0.4, -0.2) is 10.6 Å².